The minimum atomic E-state index is 0.665. The highest BCUT2D eigenvalue weighted by molar-refractivity contribution is 7.09. The van der Waals surface area contributed by atoms with Gasteiger partial charge in [-0.1, -0.05) is 6.92 Å². The van der Waals surface area contributed by atoms with E-state index in [-0.39, 0.29) is 0 Å². The van der Waals surface area contributed by atoms with Crippen molar-refractivity contribution in [3.05, 3.63) is 16.6 Å². The highest BCUT2D eigenvalue weighted by Crippen LogP contribution is 2.23. The van der Waals surface area contributed by atoms with E-state index in [1.54, 1.807) is 11.3 Å². The van der Waals surface area contributed by atoms with Gasteiger partial charge < -0.3 is 5.73 Å². The third-order valence-corrected chi connectivity index (χ3v) is 4.11. The molecule has 1 saturated heterocycles. The summed E-state index contributed by atoms with van der Waals surface area (Å²) < 4.78 is 0. The van der Waals surface area contributed by atoms with Gasteiger partial charge in [0.25, 0.3) is 0 Å². The molecule has 2 rings (SSSR count). The number of rotatable bonds is 3. The van der Waals surface area contributed by atoms with E-state index in [0.29, 0.717) is 5.92 Å². The van der Waals surface area contributed by atoms with Crippen molar-refractivity contribution < 1.29 is 0 Å². The number of hydrogen-bond acceptors (Lipinski definition) is 4. The van der Waals surface area contributed by atoms with Crippen molar-refractivity contribution in [3.8, 4) is 0 Å². The van der Waals surface area contributed by atoms with E-state index >= 15 is 0 Å². The van der Waals surface area contributed by atoms with Gasteiger partial charge in [0.2, 0.25) is 0 Å². The zero-order valence-electron chi connectivity index (χ0n) is 9.22. The average molecular weight is 225 g/mol. The van der Waals surface area contributed by atoms with Crippen LogP contribution in [0, 0.1) is 11.8 Å². The summed E-state index contributed by atoms with van der Waals surface area (Å²) in [5.41, 5.74) is 5.79. The zero-order valence-corrected chi connectivity index (χ0v) is 10.0. The molecule has 4 heteroatoms. The quantitative estimate of drug-likeness (QED) is 0.849. The van der Waals surface area contributed by atoms with Gasteiger partial charge in [0.15, 0.2) is 0 Å². The Morgan fingerprint density at radius 2 is 2.53 bits per heavy atom. The minimum absolute atomic E-state index is 0.665. The van der Waals surface area contributed by atoms with Crippen LogP contribution < -0.4 is 5.73 Å². The van der Waals surface area contributed by atoms with Gasteiger partial charge in [-0.05, 0) is 31.3 Å². The van der Waals surface area contributed by atoms with Gasteiger partial charge in [0, 0.05) is 18.1 Å². The van der Waals surface area contributed by atoms with Gasteiger partial charge in [0.1, 0.15) is 5.01 Å². The molecule has 2 heterocycles. The van der Waals surface area contributed by atoms with Crippen LogP contribution in [0.15, 0.2) is 11.6 Å². The van der Waals surface area contributed by atoms with Crippen LogP contribution >= 0.6 is 11.3 Å². The molecule has 0 amide bonds. The molecule has 1 aromatic rings. The van der Waals surface area contributed by atoms with Crippen molar-refractivity contribution in [1.29, 1.82) is 0 Å². The predicted molar refractivity (Wildman–Crippen MR) is 63.7 cm³/mol. The molecule has 2 unspecified atom stereocenters. The summed E-state index contributed by atoms with van der Waals surface area (Å²) in [6.45, 7) is 6.46. The molecule has 1 aromatic heterocycles. The van der Waals surface area contributed by atoms with E-state index in [9.17, 15) is 0 Å². The summed E-state index contributed by atoms with van der Waals surface area (Å²) in [5, 5.41) is 3.27. The second-order valence-electron chi connectivity index (χ2n) is 4.42. The normalized spacial score (nSPS) is 28.1. The number of piperidine rings is 1. The molecule has 1 aliphatic rings. The van der Waals surface area contributed by atoms with Crippen molar-refractivity contribution in [2.45, 2.75) is 19.9 Å². The minimum Gasteiger partial charge on any atom is -0.330 e. The predicted octanol–water partition coefficient (Wildman–Crippen LogP) is 1.56. The summed E-state index contributed by atoms with van der Waals surface area (Å²) >= 11 is 1.74. The molecule has 2 N–H and O–H groups in total. The fourth-order valence-corrected chi connectivity index (χ4v) is 2.86. The lowest BCUT2D eigenvalue weighted by atomic mass is 9.87. The van der Waals surface area contributed by atoms with Crippen LogP contribution in [0.3, 0.4) is 0 Å². The first-order chi connectivity index (χ1) is 7.29. The first-order valence-electron chi connectivity index (χ1n) is 5.60. The Balaban J connectivity index is 1.89. The molecule has 2 atom stereocenters. The van der Waals surface area contributed by atoms with Crippen molar-refractivity contribution in [3.63, 3.8) is 0 Å². The summed E-state index contributed by atoms with van der Waals surface area (Å²) in [6, 6.07) is 0. The largest absolute Gasteiger partial charge is 0.330 e. The molecule has 1 fully saturated rings. The highest BCUT2D eigenvalue weighted by Gasteiger charge is 2.25. The second kappa shape index (κ2) is 5.05. The summed E-state index contributed by atoms with van der Waals surface area (Å²) in [6.07, 6.45) is 3.15. The summed E-state index contributed by atoms with van der Waals surface area (Å²) in [4.78, 5) is 6.81. The van der Waals surface area contributed by atoms with Crippen LogP contribution in [0.1, 0.15) is 18.4 Å². The maximum Gasteiger partial charge on any atom is 0.107 e. The standard InChI is InChI=1S/C11H19N3S/c1-9-2-4-14(7-10(9)6-12)8-11-13-3-5-15-11/h3,5,9-10H,2,4,6-8,12H2,1H3. The Kier molecular flexibility index (Phi) is 3.72. The molecule has 0 saturated carbocycles. The van der Waals surface area contributed by atoms with E-state index < -0.39 is 0 Å². The fraction of sp³-hybridized carbons (Fsp3) is 0.727. The Bertz CT molecular complexity index is 286. The Hall–Kier alpha value is -0.450. The maximum absolute atomic E-state index is 5.79. The second-order valence-corrected chi connectivity index (χ2v) is 5.40. The van der Waals surface area contributed by atoms with Crippen LogP contribution in [0.25, 0.3) is 0 Å². The zero-order chi connectivity index (χ0) is 10.7. The van der Waals surface area contributed by atoms with Gasteiger partial charge in [0.05, 0.1) is 6.54 Å². The van der Waals surface area contributed by atoms with Crippen LogP contribution in [0.4, 0.5) is 0 Å². The molecule has 0 bridgehead atoms. The van der Waals surface area contributed by atoms with Crippen LogP contribution in [0.2, 0.25) is 0 Å². The molecule has 0 aromatic carbocycles. The van der Waals surface area contributed by atoms with Gasteiger partial charge >= 0.3 is 0 Å². The molecule has 15 heavy (non-hydrogen) atoms. The molecule has 0 aliphatic carbocycles. The molecule has 1 aliphatic heterocycles. The van der Waals surface area contributed by atoms with Crippen LogP contribution in [0.5, 0.6) is 0 Å². The van der Waals surface area contributed by atoms with Gasteiger partial charge in [-0.3, -0.25) is 4.90 Å². The number of nitrogens with two attached hydrogens (primary N) is 1. The first kappa shape index (κ1) is 11.0. The fourth-order valence-electron chi connectivity index (χ4n) is 2.20. The van der Waals surface area contributed by atoms with E-state index in [1.807, 2.05) is 11.6 Å². The van der Waals surface area contributed by atoms with Gasteiger partial charge in [-0.25, -0.2) is 4.98 Å². The maximum atomic E-state index is 5.79. The Morgan fingerprint density at radius 3 is 3.20 bits per heavy atom. The van der Waals surface area contributed by atoms with Crippen LogP contribution in [-0.2, 0) is 6.54 Å². The molecule has 3 nitrogen and oxygen atoms in total. The SMILES string of the molecule is CC1CCN(Cc2nccs2)CC1CN. The monoisotopic (exact) mass is 225 g/mol. The smallest absolute Gasteiger partial charge is 0.107 e. The summed E-state index contributed by atoms with van der Waals surface area (Å²) in [5.74, 6) is 1.45. The Morgan fingerprint density at radius 1 is 1.67 bits per heavy atom. The van der Waals surface area contributed by atoms with Crippen molar-refractivity contribution >= 4 is 11.3 Å². The lowest BCUT2D eigenvalue weighted by Crippen LogP contribution is -2.42. The third-order valence-electron chi connectivity index (χ3n) is 3.34. The lowest BCUT2D eigenvalue weighted by molar-refractivity contribution is 0.126. The van der Waals surface area contributed by atoms with Crippen molar-refractivity contribution in [1.82, 2.24) is 9.88 Å². The first-order valence-corrected chi connectivity index (χ1v) is 6.48. The molecule has 84 valence electrons. The third kappa shape index (κ3) is 2.77. The summed E-state index contributed by atoms with van der Waals surface area (Å²) in [7, 11) is 0. The number of hydrogen-bond donors (Lipinski definition) is 1. The number of aromatic nitrogens is 1. The molecular formula is C11H19N3S. The van der Waals surface area contributed by atoms with Crippen LogP contribution in [-0.4, -0.2) is 29.5 Å². The highest BCUT2D eigenvalue weighted by atomic mass is 32.1. The molecule has 0 spiro atoms. The number of likely N-dealkylation sites (tertiary alicyclic amines) is 1. The van der Waals surface area contributed by atoms with Gasteiger partial charge in [-0.2, -0.15) is 0 Å². The number of nitrogens with zero attached hydrogens (tertiary/aromatic N) is 2. The number of thiazole rings is 1. The van der Waals surface area contributed by atoms with E-state index in [0.717, 1.165) is 25.6 Å². The Labute approximate surface area is 95.3 Å². The van der Waals surface area contributed by atoms with E-state index in [1.165, 1.54) is 18.0 Å². The molecular weight excluding hydrogens is 206 g/mol. The van der Waals surface area contributed by atoms with Gasteiger partial charge in [-0.15, -0.1) is 11.3 Å². The topological polar surface area (TPSA) is 42.2 Å². The average Bonchev–Trinajstić information content (AvgIpc) is 2.73. The van der Waals surface area contributed by atoms with Crippen molar-refractivity contribution in [2.24, 2.45) is 17.6 Å². The van der Waals surface area contributed by atoms with E-state index in [2.05, 4.69) is 16.8 Å². The lowest BCUT2D eigenvalue weighted by Gasteiger charge is -2.36. The van der Waals surface area contributed by atoms with Crippen molar-refractivity contribution in [2.75, 3.05) is 19.6 Å². The molecule has 0 radical (unpaired) electrons. The van der Waals surface area contributed by atoms with E-state index in [4.69, 9.17) is 5.73 Å².